The number of likely N-dealkylation sites (N-methyl/N-ethyl adjacent to an activating group) is 1. The summed E-state index contributed by atoms with van der Waals surface area (Å²) in [6, 6.07) is 32.3. The number of aromatic hydroxyl groups is 1. The highest BCUT2D eigenvalue weighted by Crippen LogP contribution is 2.39. The van der Waals surface area contributed by atoms with Gasteiger partial charge in [-0.25, -0.2) is 4.39 Å². The number of piperidine rings is 1. The van der Waals surface area contributed by atoms with Crippen LogP contribution in [0.15, 0.2) is 97.1 Å². The third kappa shape index (κ3) is 10.4. The number of alkyl halides is 1. The van der Waals surface area contributed by atoms with Crippen LogP contribution < -0.4 is 9.64 Å². The van der Waals surface area contributed by atoms with E-state index in [1.165, 1.54) is 24.1 Å². The van der Waals surface area contributed by atoms with Gasteiger partial charge in [0.2, 0.25) is 5.91 Å². The average molecular weight is 973 g/mol. The number of carbonyl (C=O) groups excluding carboxylic acids is 3. The first-order chi connectivity index (χ1) is 34.8. The van der Waals surface area contributed by atoms with Crippen molar-refractivity contribution in [3.8, 4) is 28.8 Å². The topological polar surface area (TPSA) is 131 Å². The molecule has 0 aliphatic carbocycles. The Hall–Kier alpha value is -7.21. The molecule has 0 bridgehead atoms. The molecule has 72 heavy (non-hydrogen) atoms. The van der Waals surface area contributed by atoms with Crippen molar-refractivity contribution in [1.29, 1.82) is 5.26 Å². The van der Waals surface area contributed by atoms with E-state index in [4.69, 9.17) is 4.74 Å². The maximum absolute atomic E-state index is 15.8. The molecular formula is C58H65FN8O5. The number of hydrogen-bond acceptors (Lipinski definition) is 8. The van der Waals surface area contributed by atoms with E-state index in [1.807, 2.05) is 84.8 Å². The van der Waals surface area contributed by atoms with E-state index in [9.17, 15) is 19.6 Å². The number of fused-ring (bicyclic) bond motifs is 2. The number of ether oxygens (including phenoxy) is 1. The summed E-state index contributed by atoms with van der Waals surface area (Å²) in [4.78, 5) is 54.9. The van der Waals surface area contributed by atoms with Crippen LogP contribution in [0.4, 0.5) is 15.8 Å². The molecule has 5 heterocycles. The van der Waals surface area contributed by atoms with Gasteiger partial charge in [-0.2, -0.15) is 5.26 Å². The van der Waals surface area contributed by atoms with Crippen LogP contribution in [0.2, 0.25) is 0 Å². The summed E-state index contributed by atoms with van der Waals surface area (Å²) in [5.41, 5.74) is 10.4. The molecule has 1 fully saturated rings. The quantitative estimate of drug-likeness (QED) is 0.108. The van der Waals surface area contributed by atoms with Crippen molar-refractivity contribution in [2.45, 2.75) is 71.5 Å². The van der Waals surface area contributed by atoms with Gasteiger partial charge in [0, 0.05) is 93.3 Å². The molecule has 1 atom stereocenters. The summed E-state index contributed by atoms with van der Waals surface area (Å²) in [6.45, 7) is 8.87. The number of aromatic nitrogens is 2. The number of phenolic OH excluding ortho intramolecular Hbond substituents is 1. The van der Waals surface area contributed by atoms with Gasteiger partial charge in [0.1, 0.15) is 36.5 Å². The van der Waals surface area contributed by atoms with Gasteiger partial charge in [0.05, 0.1) is 17.7 Å². The lowest BCUT2D eigenvalue weighted by Crippen LogP contribution is -2.51. The van der Waals surface area contributed by atoms with Crippen LogP contribution in [-0.2, 0) is 51.2 Å². The van der Waals surface area contributed by atoms with Crippen molar-refractivity contribution in [3.63, 3.8) is 0 Å². The highest BCUT2D eigenvalue weighted by Gasteiger charge is 2.36. The van der Waals surface area contributed by atoms with E-state index in [1.54, 1.807) is 34.7 Å². The Morgan fingerprint density at radius 3 is 2.25 bits per heavy atom. The molecule has 3 amide bonds. The fourth-order valence-corrected chi connectivity index (χ4v) is 10.6. The van der Waals surface area contributed by atoms with Gasteiger partial charge in [0.25, 0.3) is 11.8 Å². The van der Waals surface area contributed by atoms with Crippen molar-refractivity contribution in [3.05, 3.63) is 153 Å². The van der Waals surface area contributed by atoms with Gasteiger partial charge in [0.15, 0.2) is 0 Å². The van der Waals surface area contributed by atoms with Crippen molar-refractivity contribution in [1.82, 2.24) is 28.7 Å². The van der Waals surface area contributed by atoms with Gasteiger partial charge in [-0.05, 0) is 148 Å². The number of phenols is 1. The van der Waals surface area contributed by atoms with Gasteiger partial charge < -0.3 is 38.6 Å². The lowest BCUT2D eigenvalue weighted by atomic mass is 9.89. The maximum atomic E-state index is 15.8. The highest BCUT2D eigenvalue weighted by atomic mass is 19.1. The minimum absolute atomic E-state index is 0.0108. The second kappa shape index (κ2) is 21.6. The lowest BCUT2D eigenvalue weighted by molar-refractivity contribution is -0.131. The molecule has 6 aromatic rings. The molecule has 1 N–H and O–H groups in total. The normalized spacial score (nSPS) is 15.8. The lowest BCUT2D eigenvalue weighted by Gasteiger charge is -2.41. The Balaban J connectivity index is 1.07. The number of nitriles is 1. The van der Waals surface area contributed by atoms with E-state index in [-0.39, 0.29) is 35.9 Å². The van der Waals surface area contributed by atoms with Crippen LogP contribution in [0.3, 0.4) is 0 Å². The van der Waals surface area contributed by atoms with Gasteiger partial charge in [-0.15, -0.1) is 0 Å². The van der Waals surface area contributed by atoms with Crippen LogP contribution in [0.5, 0.6) is 11.5 Å². The van der Waals surface area contributed by atoms with Crippen molar-refractivity contribution >= 4 is 29.1 Å². The standard InChI is InChI=1S/C58H65FN8O5/c1-39-51(58(71)67(46-15-17-49(68)18-16-46)54-33-47(35-60)62(4)40(54)2)34-55(63(39)5)52-31-43-21-25-65(56(69)29-41-13-19-50(20-14-41)72-28-27-61(3)26-22-59)36-45(43)32-53(52)57(70)66-37-44-12-8-7-11-42(44)30-48(66)38-64-23-9-6-10-24-64/h7-8,11-20,31-34,48,68H,6,9-10,21-30,36-38H2,1-5H3/t48-/m0/s1. The molecule has 4 aromatic carbocycles. The number of anilines is 2. The summed E-state index contributed by atoms with van der Waals surface area (Å²) in [5.74, 6) is 0.320. The number of carbonyl (C=O) groups is 3. The van der Waals surface area contributed by atoms with Crippen molar-refractivity contribution in [2.75, 3.05) is 64.5 Å². The molecule has 3 aliphatic heterocycles. The molecule has 1 saturated heterocycles. The first kappa shape index (κ1) is 49.8. The largest absolute Gasteiger partial charge is 0.508 e. The molecule has 14 heteroatoms. The minimum Gasteiger partial charge on any atom is -0.508 e. The predicted molar refractivity (Wildman–Crippen MR) is 277 cm³/mol. The second-order valence-electron chi connectivity index (χ2n) is 19.7. The number of rotatable bonds is 15. The zero-order valence-corrected chi connectivity index (χ0v) is 42.2. The summed E-state index contributed by atoms with van der Waals surface area (Å²) in [5, 5.41) is 20.2. The third-order valence-electron chi connectivity index (χ3n) is 15.2. The van der Waals surface area contributed by atoms with Gasteiger partial charge in [-0.1, -0.05) is 42.8 Å². The van der Waals surface area contributed by atoms with E-state index < -0.39 is 6.67 Å². The Morgan fingerprint density at radius 1 is 0.806 bits per heavy atom. The molecule has 0 saturated carbocycles. The molecule has 0 unspecified atom stereocenters. The van der Waals surface area contributed by atoms with Gasteiger partial charge >= 0.3 is 0 Å². The van der Waals surface area contributed by atoms with Crippen LogP contribution in [-0.4, -0.2) is 117 Å². The summed E-state index contributed by atoms with van der Waals surface area (Å²) in [6.07, 6.45) is 5.04. The monoisotopic (exact) mass is 973 g/mol. The number of benzene rings is 4. The molecule has 374 valence electrons. The molecular weight excluding hydrogens is 908 g/mol. The molecule has 13 nitrogen and oxygen atoms in total. The van der Waals surface area contributed by atoms with Crippen LogP contribution >= 0.6 is 0 Å². The number of amides is 3. The number of nitrogens with zero attached hydrogens (tertiary/aromatic N) is 8. The Kier molecular flexibility index (Phi) is 15.0. The maximum Gasteiger partial charge on any atom is 0.264 e. The third-order valence-corrected chi connectivity index (χ3v) is 15.2. The van der Waals surface area contributed by atoms with E-state index in [2.05, 4.69) is 40.1 Å². The zero-order chi connectivity index (χ0) is 50.6. The second-order valence-corrected chi connectivity index (χ2v) is 19.7. The summed E-state index contributed by atoms with van der Waals surface area (Å²) >= 11 is 0. The fourth-order valence-electron chi connectivity index (χ4n) is 10.6. The predicted octanol–water partition coefficient (Wildman–Crippen LogP) is 8.66. The van der Waals surface area contributed by atoms with Crippen LogP contribution in [0, 0.1) is 25.2 Å². The highest BCUT2D eigenvalue weighted by molar-refractivity contribution is 6.13. The average Bonchev–Trinajstić information content (AvgIpc) is 3.85. The van der Waals surface area contributed by atoms with Crippen LogP contribution in [0.25, 0.3) is 11.3 Å². The minimum atomic E-state index is -0.403. The fraction of sp³-hybridized carbons (Fsp3) is 0.379. The molecule has 0 radical (unpaired) electrons. The Labute approximate surface area is 422 Å². The smallest absolute Gasteiger partial charge is 0.264 e. The zero-order valence-electron chi connectivity index (χ0n) is 42.2. The van der Waals surface area contributed by atoms with Crippen molar-refractivity contribution < 1.29 is 28.6 Å². The Bertz CT molecular complexity index is 3000. The summed E-state index contributed by atoms with van der Waals surface area (Å²) in [7, 11) is 5.57. The number of likely N-dealkylation sites (tertiary alicyclic amines) is 1. The molecule has 2 aromatic heterocycles. The molecule has 0 spiro atoms. The van der Waals surface area contributed by atoms with Gasteiger partial charge in [-0.3, -0.25) is 19.3 Å². The number of halogens is 1. The van der Waals surface area contributed by atoms with E-state index in [0.29, 0.717) is 102 Å². The first-order valence-corrected chi connectivity index (χ1v) is 25.2. The van der Waals surface area contributed by atoms with Crippen LogP contribution in [0.1, 0.15) is 84.9 Å². The van der Waals surface area contributed by atoms with E-state index >= 15 is 9.59 Å². The van der Waals surface area contributed by atoms with E-state index in [0.717, 1.165) is 61.2 Å². The SMILES string of the molecule is Cc1c(N(C(=O)c2cc(-c3cc4c(cc3C(=O)N3Cc5ccccc5C[C@H]3CN3CCCCC3)CN(C(=O)Cc3ccc(OCCN(C)CCF)cc3)CC4)n(C)c2C)c2ccc(O)cc2)cc(C#N)n1C. The molecule has 9 rings (SSSR count). The molecule has 3 aliphatic rings. The Morgan fingerprint density at radius 2 is 1.54 bits per heavy atom. The first-order valence-electron chi connectivity index (χ1n) is 25.2. The van der Waals surface area contributed by atoms with Crippen molar-refractivity contribution in [2.24, 2.45) is 14.1 Å². The summed E-state index contributed by atoms with van der Waals surface area (Å²) < 4.78 is 22.3. The number of hydrogen-bond donors (Lipinski definition) is 1.